The molecule has 1 aliphatic rings. The van der Waals surface area contributed by atoms with Crippen molar-refractivity contribution in [2.45, 2.75) is 70.6 Å². The van der Waals surface area contributed by atoms with Crippen molar-refractivity contribution in [3.05, 3.63) is 17.5 Å². The fraction of sp³-hybridized carbons (Fsp3) is 0.800. The predicted octanol–water partition coefficient (Wildman–Crippen LogP) is 3.46. The van der Waals surface area contributed by atoms with E-state index in [-0.39, 0.29) is 12.8 Å². The maximum Gasteiger partial charge on any atom is 0.391 e. The van der Waals surface area contributed by atoms with E-state index in [2.05, 4.69) is 5.10 Å². The lowest BCUT2D eigenvalue weighted by Gasteiger charge is -2.38. The molecule has 21 heavy (non-hydrogen) atoms. The molecule has 0 radical (unpaired) electrons. The standard InChI is InChI=1S/C15H24F3N3/c1-3-12-8-13(21(4-2)20-12)10-14(19)7-5-6-11(9-14)15(16,17)18/h8,11H,3-7,9-10,19H2,1-2H3. The molecule has 1 fully saturated rings. The van der Waals surface area contributed by atoms with E-state index >= 15 is 0 Å². The van der Waals surface area contributed by atoms with Crippen LogP contribution in [0.15, 0.2) is 6.07 Å². The minimum absolute atomic E-state index is 0.0207. The summed E-state index contributed by atoms with van der Waals surface area (Å²) in [5, 5.41) is 4.45. The van der Waals surface area contributed by atoms with Gasteiger partial charge in [0.2, 0.25) is 0 Å². The molecule has 1 aromatic rings. The summed E-state index contributed by atoms with van der Waals surface area (Å²) < 4.78 is 40.7. The van der Waals surface area contributed by atoms with Gasteiger partial charge in [-0.15, -0.1) is 0 Å². The van der Waals surface area contributed by atoms with Crippen LogP contribution in [-0.2, 0) is 19.4 Å². The number of alkyl halides is 3. The van der Waals surface area contributed by atoms with Crippen molar-refractivity contribution in [1.29, 1.82) is 0 Å². The highest BCUT2D eigenvalue weighted by Crippen LogP contribution is 2.41. The van der Waals surface area contributed by atoms with Crippen LogP contribution < -0.4 is 5.73 Å². The molecule has 2 N–H and O–H groups in total. The molecule has 2 unspecified atom stereocenters. The Kier molecular flexibility index (Phi) is 4.66. The van der Waals surface area contributed by atoms with Gasteiger partial charge in [-0.05, 0) is 38.7 Å². The van der Waals surface area contributed by atoms with Crippen LogP contribution >= 0.6 is 0 Å². The molecular weight excluding hydrogens is 279 g/mol. The van der Waals surface area contributed by atoms with Crippen molar-refractivity contribution in [2.24, 2.45) is 11.7 Å². The molecule has 1 aliphatic carbocycles. The summed E-state index contributed by atoms with van der Waals surface area (Å²) in [5.74, 6) is -1.26. The van der Waals surface area contributed by atoms with Gasteiger partial charge in [-0.1, -0.05) is 13.3 Å². The van der Waals surface area contributed by atoms with E-state index in [1.807, 2.05) is 24.6 Å². The summed E-state index contributed by atoms with van der Waals surface area (Å²) in [6, 6.07) is 1.98. The lowest BCUT2D eigenvalue weighted by atomic mass is 9.73. The topological polar surface area (TPSA) is 43.8 Å². The number of hydrogen-bond acceptors (Lipinski definition) is 2. The smallest absolute Gasteiger partial charge is 0.325 e. The molecule has 0 spiro atoms. The van der Waals surface area contributed by atoms with Crippen molar-refractivity contribution in [3.8, 4) is 0 Å². The highest BCUT2D eigenvalue weighted by atomic mass is 19.4. The quantitative estimate of drug-likeness (QED) is 0.925. The molecule has 0 bridgehead atoms. The van der Waals surface area contributed by atoms with Crippen molar-refractivity contribution in [1.82, 2.24) is 9.78 Å². The summed E-state index contributed by atoms with van der Waals surface area (Å²) >= 11 is 0. The first-order valence-corrected chi connectivity index (χ1v) is 7.68. The van der Waals surface area contributed by atoms with Crippen LogP contribution in [0.4, 0.5) is 13.2 Å². The van der Waals surface area contributed by atoms with Crippen LogP contribution in [-0.4, -0.2) is 21.5 Å². The first kappa shape index (κ1) is 16.3. The van der Waals surface area contributed by atoms with Gasteiger partial charge in [-0.2, -0.15) is 18.3 Å². The van der Waals surface area contributed by atoms with Crippen LogP contribution in [0.5, 0.6) is 0 Å². The van der Waals surface area contributed by atoms with Gasteiger partial charge >= 0.3 is 6.18 Å². The second kappa shape index (κ2) is 5.99. The minimum Gasteiger partial charge on any atom is -0.325 e. The van der Waals surface area contributed by atoms with Crippen LogP contribution in [0.1, 0.15) is 50.9 Å². The van der Waals surface area contributed by atoms with E-state index in [4.69, 9.17) is 5.73 Å². The third-order valence-corrected chi connectivity index (χ3v) is 4.45. The van der Waals surface area contributed by atoms with Crippen molar-refractivity contribution in [2.75, 3.05) is 0 Å². The Balaban J connectivity index is 2.15. The third-order valence-electron chi connectivity index (χ3n) is 4.45. The Labute approximate surface area is 123 Å². The Morgan fingerprint density at radius 1 is 1.43 bits per heavy atom. The van der Waals surface area contributed by atoms with Crippen LogP contribution in [0.3, 0.4) is 0 Å². The molecule has 6 heteroatoms. The Hall–Kier alpha value is -1.04. The van der Waals surface area contributed by atoms with E-state index in [9.17, 15) is 13.2 Å². The summed E-state index contributed by atoms with van der Waals surface area (Å²) in [6.45, 7) is 4.72. The van der Waals surface area contributed by atoms with Gasteiger partial charge in [-0.3, -0.25) is 4.68 Å². The van der Waals surface area contributed by atoms with Gasteiger partial charge < -0.3 is 5.73 Å². The molecule has 0 saturated heterocycles. The van der Waals surface area contributed by atoms with E-state index in [0.29, 0.717) is 25.8 Å². The van der Waals surface area contributed by atoms with Crippen molar-refractivity contribution < 1.29 is 13.2 Å². The van der Waals surface area contributed by atoms with E-state index < -0.39 is 17.6 Å². The van der Waals surface area contributed by atoms with Crippen LogP contribution in [0.2, 0.25) is 0 Å². The highest BCUT2D eigenvalue weighted by Gasteiger charge is 2.46. The maximum absolute atomic E-state index is 13.0. The molecule has 0 amide bonds. The molecule has 2 atom stereocenters. The first-order chi connectivity index (χ1) is 9.77. The maximum atomic E-state index is 13.0. The average molecular weight is 303 g/mol. The second-order valence-corrected chi connectivity index (χ2v) is 6.17. The molecular formula is C15H24F3N3. The number of nitrogens with zero attached hydrogens (tertiary/aromatic N) is 2. The summed E-state index contributed by atoms with van der Waals surface area (Å²) in [6.07, 6.45) is -1.42. The molecule has 1 aromatic heterocycles. The summed E-state index contributed by atoms with van der Waals surface area (Å²) in [7, 11) is 0. The lowest BCUT2D eigenvalue weighted by molar-refractivity contribution is -0.187. The van der Waals surface area contributed by atoms with Gasteiger partial charge in [0.15, 0.2) is 0 Å². The van der Waals surface area contributed by atoms with Gasteiger partial charge in [-0.25, -0.2) is 0 Å². The number of halogens is 3. The molecule has 1 saturated carbocycles. The number of aryl methyl sites for hydroxylation is 2. The minimum atomic E-state index is -4.13. The normalized spacial score (nSPS) is 27.0. The van der Waals surface area contributed by atoms with E-state index in [0.717, 1.165) is 17.8 Å². The summed E-state index contributed by atoms with van der Waals surface area (Å²) in [4.78, 5) is 0. The summed E-state index contributed by atoms with van der Waals surface area (Å²) in [5.41, 5.74) is 7.47. The molecule has 120 valence electrons. The number of hydrogen-bond donors (Lipinski definition) is 1. The number of rotatable bonds is 4. The zero-order valence-electron chi connectivity index (χ0n) is 12.7. The molecule has 0 aromatic carbocycles. The van der Waals surface area contributed by atoms with Crippen molar-refractivity contribution >= 4 is 0 Å². The van der Waals surface area contributed by atoms with Crippen LogP contribution in [0.25, 0.3) is 0 Å². The number of aromatic nitrogens is 2. The lowest BCUT2D eigenvalue weighted by Crippen LogP contribution is -2.49. The SMILES string of the molecule is CCc1cc(CC2(N)CCCC(C(F)(F)F)C2)n(CC)n1. The largest absolute Gasteiger partial charge is 0.391 e. The first-order valence-electron chi connectivity index (χ1n) is 7.68. The van der Waals surface area contributed by atoms with Gasteiger partial charge in [0.05, 0.1) is 11.6 Å². The second-order valence-electron chi connectivity index (χ2n) is 6.17. The Morgan fingerprint density at radius 2 is 2.14 bits per heavy atom. The average Bonchev–Trinajstić information content (AvgIpc) is 2.79. The van der Waals surface area contributed by atoms with E-state index in [1.54, 1.807) is 0 Å². The van der Waals surface area contributed by atoms with Gasteiger partial charge in [0.1, 0.15) is 0 Å². The van der Waals surface area contributed by atoms with Crippen molar-refractivity contribution in [3.63, 3.8) is 0 Å². The fourth-order valence-electron chi connectivity index (χ4n) is 3.30. The highest BCUT2D eigenvalue weighted by molar-refractivity contribution is 5.14. The zero-order valence-corrected chi connectivity index (χ0v) is 12.7. The monoisotopic (exact) mass is 303 g/mol. The molecule has 2 rings (SSSR count). The third kappa shape index (κ3) is 3.78. The Morgan fingerprint density at radius 3 is 2.71 bits per heavy atom. The molecule has 1 heterocycles. The Bertz CT molecular complexity index is 481. The van der Waals surface area contributed by atoms with E-state index in [1.165, 1.54) is 0 Å². The fourth-order valence-corrected chi connectivity index (χ4v) is 3.30. The van der Waals surface area contributed by atoms with Crippen LogP contribution in [0, 0.1) is 5.92 Å². The zero-order chi connectivity index (χ0) is 15.7. The number of nitrogens with two attached hydrogens (primary N) is 1. The van der Waals surface area contributed by atoms with Gasteiger partial charge in [0, 0.05) is 24.2 Å². The molecule has 3 nitrogen and oxygen atoms in total. The predicted molar refractivity (Wildman–Crippen MR) is 75.9 cm³/mol. The van der Waals surface area contributed by atoms with Gasteiger partial charge in [0.25, 0.3) is 0 Å². The molecule has 0 aliphatic heterocycles.